The summed E-state index contributed by atoms with van der Waals surface area (Å²) in [6.45, 7) is -0.175. The number of nitrogens with two attached hydrogens (primary N) is 2. The van der Waals surface area contributed by atoms with Crippen molar-refractivity contribution in [3.63, 3.8) is 0 Å². The van der Waals surface area contributed by atoms with E-state index in [2.05, 4.69) is 20.6 Å². The summed E-state index contributed by atoms with van der Waals surface area (Å²) in [6.07, 6.45) is 1.78. The zero-order chi connectivity index (χ0) is 21.0. The van der Waals surface area contributed by atoms with Crippen LogP contribution < -0.4 is 31.6 Å². The van der Waals surface area contributed by atoms with E-state index in [1.54, 1.807) is 24.4 Å². The Kier molecular flexibility index (Phi) is 5.20. The first kappa shape index (κ1) is 19.1. The number of hydrogen-bond acceptors (Lipinski definition) is 11. The molecule has 11 nitrogen and oxygen atoms in total. The molecule has 2 aromatic rings. The lowest BCUT2D eigenvalue weighted by Gasteiger charge is -2.26. The average Bonchev–Trinajstić information content (AvgIpc) is 2.71. The van der Waals surface area contributed by atoms with Gasteiger partial charge < -0.3 is 26.3 Å². The fourth-order valence-corrected chi connectivity index (χ4v) is 2.91. The predicted molar refractivity (Wildman–Crippen MR) is 104 cm³/mol. The van der Waals surface area contributed by atoms with Crippen LogP contribution in [-0.2, 0) is 0 Å². The summed E-state index contributed by atoms with van der Waals surface area (Å²) in [5, 5.41) is 32.4. The number of nitriles is 3. The van der Waals surface area contributed by atoms with Crippen LogP contribution in [0.2, 0.25) is 0 Å². The van der Waals surface area contributed by atoms with Crippen molar-refractivity contribution in [2.45, 2.75) is 6.04 Å². The lowest BCUT2D eigenvalue weighted by atomic mass is 9.95. The second-order valence-corrected chi connectivity index (χ2v) is 5.76. The van der Waals surface area contributed by atoms with Crippen molar-refractivity contribution < 1.29 is 9.47 Å². The van der Waals surface area contributed by atoms with E-state index in [0.29, 0.717) is 22.6 Å². The fourth-order valence-electron chi connectivity index (χ4n) is 2.91. The summed E-state index contributed by atoms with van der Waals surface area (Å²) in [6, 6.07) is 8.14. The molecule has 1 aromatic heterocycles. The van der Waals surface area contributed by atoms with Gasteiger partial charge >= 0.3 is 0 Å². The lowest BCUT2D eigenvalue weighted by molar-refractivity contribution is 0.329. The van der Waals surface area contributed by atoms with Crippen LogP contribution >= 0.6 is 0 Å². The minimum Gasteiger partial charge on any atom is -0.493 e. The summed E-state index contributed by atoms with van der Waals surface area (Å²) < 4.78 is 10.7. The van der Waals surface area contributed by atoms with Crippen LogP contribution in [0.3, 0.4) is 0 Å². The number of nitrogens with zero attached hydrogens (tertiary/aromatic N) is 5. The number of hydrogen-bond donors (Lipinski definition) is 4. The highest BCUT2D eigenvalue weighted by Crippen LogP contribution is 2.42. The summed E-state index contributed by atoms with van der Waals surface area (Å²) in [5.74, 6) is 1.13. The number of pyridine rings is 1. The molecule has 0 bridgehead atoms. The molecule has 1 aromatic carbocycles. The van der Waals surface area contributed by atoms with Gasteiger partial charge in [-0.3, -0.25) is 5.32 Å². The first-order chi connectivity index (χ1) is 14.0. The maximum absolute atomic E-state index is 9.37. The number of guanidine groups is 1. The number of methoxy groups -OCH3 is 1. The first-order valence-electron chi connectivity index (χ1n) is 8.20. The van der Waals surface area contributed by atoms with E-state index in [1.165, 1.54) is 7.11 Å². The zero-order valence-corrected chi connectivity index (χ0v) is 15.2. The molecule has 11 heteroatoms. The molecular formula is C18H15N9O2. The van der Waals surface area contributed by atoms with E-state index in [0.717, 1.165) is 0 Å². The summed E-state index contributed by atoms with van der Waals surface area (Å²) in [5.41, 5.74) is 13.2. The van der Waals surface area contributed by atoms with Gasteiger partial charge in [-0.15, -0.1) is 0 Å². The second kappa shape index (κ2) is 7.91. The maximum Gasteiger partial charge on any atom is 0.211 e. The van der Waals surface area contributed by atoms with Crippen molar-refractivity contribution in [1.29, 1.82) is 15.8 Å². The van der Waals surface area contributed by atoms with E-state index in [9.17, 15) is 5.26 Å². The van der Waals surface area contributed by atoms with Gasteiger partial charge in [-0.05, 0) is 17.7 Å². The van der Waals surface area contributed by atoms with Gasteiger partial charge in [0.15, 0.2) is 24.3 Å². The van der Waals surface area contributed by atoms with Gasteiger partial charge in [-0.2, -0.15) is 15.8 Å². The number of nitrogen functional groups attached to an aromatic ring is 2. The molecule has 0 fully saturated rings. The molecule has 2 heterocycles. The number of anilines is 3. The van der Waals surface area contributed by atoms with Gasteiger partial charge in [0.1, 0.15) is 35.4 Å². The Hall–Kier alpha value is -4.69. The Morgan fingerprint density at radius 1 is 1.24 bits per heavy atom. The molecule has 144 valence electrons. The second-order valence-electron chi connectivity index (χ2n) is 5.76. The molecule has 1 unspecified atom stereocenters. The summed E-state index contributed by atoms with van der Waals surface area (Å²) in [7, 11) is 1.48. The minimum absolute atomic E-state index is 0.0388. The number of benzene rings is 1. The van der Waals surface area contributed by atoms with Gasteiger partial charge in [0.25, 0.3) is 0 Å². The molecule has 1 aliphatic heterocycles. The van der Waals surface area contributed by atoms with Crippen LogP contribution in [-0.4, -0.2) is 24.7 Å². The molecule has 29 heavy (non-hydrogen) atoms. The molecule has 0 amide bonds. The highest BCUT2D eigenvalue weighted by Gasteiger charge is 2.30. The van der Waals surface area contributed by atoms with Gasteiger partial charge in [0.2, 0.25) is 5.96 Å². The fraction of sp³-hybridized carbons (Fsp3) is 0.167. The van der Waals surface area contributed by atoms with Crippen molar-refractivity contribution >= 4 is 23.3 Å². The number of fused-ring (bicyclic) bond motifs is 1. The third-order valence-electron chi connectivity index (χ3n) is 4.15. The van der Waals surface area contributed by atoms with Crippen molar-refractivity contribution in [2.24, 2.45) is 4.99 Å². The molecule has 0 radical (unpaired) electrons. The van der Waals surface area contributed by atoms with Crippen molar-refractivity contribution in [2.75, 3.05) is 30.5 Å². The van der Waals surface area contributed by atoms with Gasteiger partial charge in [0, 0.05) is 5.56 Å². The van der Waals surface area contributed by atoms with E-state index in [1.807, 2.05) is 12.1 Å². The number of aromatic nitrogens is 1. The third kappa shape index (κ3) is 3.46. The van der Waals surface area contributed by atoms with Crippen LogP contribution in [0.1, 0.15) is 22.7 Å². The molecule has 0 spiro atoms. The number of aliphatic imine (C=N–C) groups is 1. The van der Waals surface area contributed by atoms with Gasteiger partial charge in [-0.1, -0.05) is 6.07 Å². The largest absolute Gasteiger partial charge is 0.493 e. The van der Waals surface area contributed by atoms with Crippen molar-refractivity contribution in [3.05, 3.63) is 34.9 Å². The highest BCUT2D eigenvalue weighted by atomic mass is 16.5. The monoisotopic (exact) mass is 389 g/mol. The van der Waals surface area contributed by atoms with Crippen LogP contribution in [0.5, 0.6) is 11.5 Å². The normalized spacial score (nSPS) is 14.1. The average molecular weight is 389 g/mol. The van der Waals surface area contributed by atoms with E-state index < -0.39 is 6.04 Å². The molecule has 1 atom stereocenters. The number of ether oxygens (including phenoxy) is 2. The third-order valence-corrected chi connectivity index (χ3v) is 4.15. The van der Waals surface area contributed by atoms with Gasteiger partial charge in [0.05, 0.1) is 12.8 Å². The standard InChI is InChI=1S/C18H15N9O2/c1-28-11-3-2-9(6-12(11)29-5-4-19)15-13-14(22)10(7-20)16(23)26-17(13)27-18(25-15)24-8-21/h2-3,6,15H,5H2,1H3,(H6,22,23,24,25,26,27). The molecule has 0 saturated heterocycles. The molecule has 3 rings (SSSR count). The lowest BCUT2D eigenvalue weighted by Crippen LogP contribution is -2.32. The number of nitrogens with one attached hydrogen (secondary N) is 2. The highest BCUT2D eigenvalue weighted by molar-refractivity contribution is 5.98. The van der Waals surface area contributed by atoms with E-state index in [-0.39, 0.29) is 35.5 Å². The molecule has 0 saturated carbocycles. The van der Waals surface area contributed by atoms with E-state index in [4.69, 9.17) is 31.5 Å². The topological polar surface area (TPSA) is 191 Å². The van der Waals surface area contributed by atoms with Gasteiger partial charge in [-0.25, -0.2) is 9.98 Å². The molecular weight excluding hydrogens is 374 g/mol. The van der Waals surface area contributed by atoms with Crippen molar-refractivity contribution in [3.8, 4) is 29.8 Å². The summed E-state index contributed by atoms with van der Waals surface area (Å²) in [4.78, 5) is 8.66. The Labute approximate surface area is 165 Å². The predicted octanol–water partition coefficient (Wildman–Crippen LogP) is 0.970. The minimum atomic E-state index is -0.724. The molecule has 0 aliphatic carbocycles. The Bertz CT molecular complexity index is 1120. The van der Waals surface area contributed by atoms with E-state index >= 15 is 0 Å². The Morgan fingerprint density at radius 2 is 2.03 bits per heavy atom. The first-order valence-corrected chi connectivity index (χ1v) is 8.20. The van der Waals surface area contributed by atoms with Crippen LogP contribution in [0.4, 0.5) is 17.3 Å². The maximum atomic E-state index is 9.37. The van der Waals surface area contributed by atoms with Crippen LogP contribution in [0.15, 0.2) is 23.2 Å². The van der Waals surface area contributed by atoms with Crippen LogP contribution in [0.25, 0.3) is 0 Å². The van der Waals surface area contributed by atoms with Crippen LogP contribution in [0, 0.1) is 34.1 Å². The van der Waals surface area contributed by atoms with Crippen molar-refractivity contribution in [1.82, 2.24) is 10.3 Å². The molecule has 1 aliphatic rings. The summed E-state index contributed by atoms with van der Waals surface area (Å²) >= 11 is 0. The smallest absolute Gasteiger partial charge is 0.211 e. The quantitative estimate of drug-likeness (QED) is 0.432. The molecule has 6 N–H and O–H groups in total. The SMILES string of the molecule is COc1ccc(C2N=C(NC#N)Nc3nc(N)c(C#N)c(N)c32)cc1OCC#N. The number of rotatable bonds is 4. The zero-order valence-electron chi connectivity index (χ0n) is 15.2. The Morgan fingerprint density at radius 3 is 2.69 bits per heavy atom. The Balaban J connectivity index is 2.20.